The molecule has 0 aliphatic carbocycles. The Labute approximate surface area is 167 Å². The molecule has 0 aliphatic rings. The Hall–Kier alpha value is -3.27. The van der Waals surface area contributed by atoms with E-state index in [1.165, 1.54) is 11.3 Å². The van der Waals surface area contributed by atoms with Crippen LogP contribution in [0.4, 0.5) is 16.2 Å². The fourth-order valence-corrected chi connectivity index (χ4v) is 3.15. The maximum absolute atomic E-state index is 12.2. The summed E-state index contributed by atoms with van der Waals surface area (Å²) < 4.78 is 0. The van der Waals surface area contributed by atoms with E-state index < -0.39 is 0 Å². The second-order valence-corrected chi connectivity index (χ2v) is 6.74. The number of aryl methyl sites for hydroxylation is 1. The molecule has 3 aromatic rings. The van der Waals surface area contributed by atoms with E-state index in [2.05, 4.69) is 65.8 Å². The number of anilines is 2. The number of likely N-dealkylation sites (N-methyl/N-ethyl adjacent to an activating group) is 1. The highest BCUT2D eigenvalue weighted by molar-refractivity contribution is 5.89. The zero-order chi connectivity index (χ0) is 19.8. The number of carbonyl (C=O) groups excluding carboxylic acids is 1. The lowest BCUT2D eigenvalue weighted by Gasteiger charge is -2.23. The normalized spacial score (nSPS) is 10.4. The van der Waals surface area contributed by atoms with E-state index in [9.17, 15) is 4.79 Å². The number of nitrogens with zero attached hydrogens (tertiary/aromatic N) is 1. The van der Waals surface area contributed by atoms with Crippen molar-refractivity contribution < 1.29 is 4.79 Å². The first-order valence-electron chi connectivity index (χ1n) is 9.67. The summed E-state index contributed by atoms with van der Waals surface area (Å²) in [6.45, 7) is 6.45. The molecule has 0 saturated carbocycles. The molecule has 4 heteroatoms. The van der Waals surface area contributed by atoms with Gasteiger partial charge in [0, 0.05) is 31.0 Å². The van der Waals surface area contributed by atoms with Crippen LogP contribution in [-0.2, 0) is 0 Å². The average molecular weight is 374 g/mol. The largest absolute Gasteiger partial charge is 0.370 e. The summed E-state index contributed by atoms with van der Waals surface area (Å²) in [6.07, 6.45) is 0. The van der Waals surface area contributed by atoms with Gasteiger partial charge in [-0.3, -0.25) is 0 Å². The summed E-state index contributed by atoms with van der Waals surface area (Å²) in [5, 5.41) is 5.83. The third-order valence-corrected chi connectivity index (χ3v) is 4.67. The monoisotopic (exact) mass is 373 g/mol. The molecule has 0 unspecified atom stereocenters. The molecule has 0 saturated heterocycles. The molecule has 144 valence electrons. The molecular formula is C24H27N3O. The van der Waals surface area contributed by atoms with E-state index >= 15 is 0 Å². The standard InChI is InChI=1S/C24H27N3O/c1-3-27(23-11-7-8-19(2)18-23)17-16-25-24(28)26-22-14-12-21(13-15-22)20-9-5-4-6-10-20/h4-15,18H,3,16-17H2,1-2H3,(H2,25,26,28). The van der Waals surface area contributed by atoms with E-state index in [-0.39, 0.29) is 6.03 Å². The van der Waals surface area contributed by atoms with Crippen LogP contribution in [0.3, 0.4) is 0 Å². The quantitative estimate of drug-likeness (QED) is 0.589. The Morgan fingerprint density at radius 2 is 1.61 bits per heavy atom. The van der Waals surface area contributed by atoms with Gasteiger partial charge in [-0.2, -0.15) is 0 Å². The Bertz CT molecular complexity index is 891. The van der Waals surface area contributed by atoms with E-state index in [4.69, 9.17) is 0 Å². The van der Waals surface area contributed by atoms with Crippen molar-refractivity contribution in [1.29, 1.82) is 0 Å². The van der Waals surface area contributed by atoms with Gasteiger partial charge in [-0.05, 0) is 54.8 Å². The van der Waals surface area contributed by atoms with Gasteiger partial charge in [0.15, 0.2) is 0 Å². The number of hydrogen-bond acceptors (Lipinski definition) is 2. The van der Waals surface area contributed by atoms with Crippen LogP contribution in [0.2, 0.25) is 0 Å². The molecule has 0 fully saturated rings. The Balaban J connectivity index is 1.49. The number of amides is 2. The van der Waals surface area contributed by atoms with E-state index in [1.807, 2.05) is 42.5 Å². The first-order valence-corrected chi connectivity index (χ1v) is 9.67. The van der Waals surface area contributed by atoms with Gasteiger partial charge in [0.25, 0.3) is 0 Å². The van der Waals surface area contributed by atoms with Crippen LogP contribution < -0.4 is 15.5 Å². The fourth-order valence-electron chi connectivity index (χ4n) is 3.15. The SMILES string of the molecule is CCN(CCNC(=O)Nc1ccc(-c2ccccc2)cc1)c1cccc(C)c1. The molecule has 0 bridgehead atoms. The minimum absolute atomic E-state index is 0.187. The van der Waals surface area contributed by atoms with Crippen molar-refractivity contribution in [3.05, 3.63) is 84.4 Å². The maximum Gasteiger partial charge on any atom is 0.319 e. The molecule has 3 aromatic carbocycles. The van der Waals surface area contributed by atoms with Crippen LogP contribution >= 0.6 is 0 Å². The van der Waals surface area contributed by atoms with Crippen LogP contribution in [0.15, 0.2) is 78.9 Å². The molecule has 0 aliphatic heterocycles. The molecule has 0 atom stereocenters. The minimum Gasteiger partial charge on any atom is -0.370 e. The summed E-state index contributed by atoms with van der Waals surface area (Å²) >= 11 is 0. The smallest absolute Gasteiger partial charge is 0.319 e. The lowest BCUT2D eigenvalue weighted by molar-refractivity contribution is 0.252. The van der Waals surface area contributed by atoms with Gasteiger partial charge < -0.3 is 15.5 Å². The second kappa shape index (κ2) is 9.60. The minimum atomic E-state index is -0.187. The van der Waals surface area contributed by atoms with Gasteiger partial charge in [-0.15, -0.1) is 0 Å². The Morgan fingerprint density at radius 1 is 0.893 bits per heavy atom. The molecule has 0 heterocycles. The number of urea groups is 1. The summed E-state index contributed by atoms with van der Waals surface area (Å²) in [4.78, 5) is 14.4. The van der Waals surface area contributed by atoms with Crippen molar-refractivity contribution in [3.8, 4) is 11.1 Å². The van der Waals surface area contributed by atoms with Crippen molar-refractivity contribution in [2.75, 3.05) is 29.9 Å². The van der Waals surface area contributed by atoms with E-state index in [0.29, 0.717) is 6.54 Å². The number of carbonyl (C=O) groups is 1. The fraction of sp³-hybridized carbons (Fsp3) is 0.208. The van der Waals surface area contributed by atoms with Crippen LogP contribution in [-0.4, -0.2) is 25.7 Å². The Kier molecular flexibility index (Phi) is 6.68. The molecule has 0 aromatic heterocycles. The predicted octanol–water partition coefficient (Wildman–Crippen LogP) is 5.31. The molecule has 0 radical (unpaired) electrons. The lowest BCUT2D eigenvalue weighted by atomic mass is 10.1. The maximum atomic E-state index is 12.2. The number of hydrogen-bond donors (Lipinski definition) is 2. The molecule has 0 spiro atoms. The third-order valence-electron chi connectivity index (χ3n) is 4.67. The van der Waals surface area contributed by atoms with Crippen molar-refractivity contribution in [1.82, 2.24) is 5.32 Å². The van der Waals surface area contributed by atoms with E-state index in [1.54, 1.807) is 0 Å². The Morgan fingerprint density at radius 3 is 2.29 bits per heavy atom. The predicted molar refractivity (Wildman–Crippen MR) is 118 cm³/mol. The molecule has 2 N–H and O–H groups in total. The van der Waals surface area contributed by atoms with Gasteiger partial charge >= 0.3 is 6.03 Å². The molecule has 2 amide bonds. The zero-order valence-corrected chi connectivity index (χ0v) is 16.5. The van der Waals surface area contributed by atoms with Crippen LogP contribution in [0.5, 0.6) is 0 Å². The highest BCUT2D eigenvalue weighted by Gasteiger charge is 2.06. The lowest BCUT2D eigenvalue weighted by Crippen LogP contribution is -2.37. The summed E-state index contributed by atoms with van der Waals surface area (Å²) in [7, 11) is 0. The van der Waals surface area contributed by atoms with Crippen molar-refractivity contribution in [3.63, 3.8) is 0 Å². The summed E-state index contributed by atoms with van der Waals surface area (Å²) in [5.74, 6) is 0. The number of rotatable bonds is 7. The average Bonchev–Trinajstić information content (AvgIpc) is 2.72. The topological polar surface area (TPSA) is 44.4 Å². The van der Waals surface area contributed by atoms with Gasteiger partial charge in [0.2, 0.25) is 0 Å². The van der Waals surface area contributed by atoms with Gasteiger partial charge in [0.05, 0.1) is 0 Å². The molecular weight excluding hydrogens is 346 g/mol. The van der Waals surface area contributed by atoms with Crippen molar-refractivity contribution in [2.24, 2.45) is 0 Å². The van der Waals surface area contributed by atoms with Crippen LogP contribution in [0.25, 0.3) is 11.1 Å². The highest BCUT2D eigenvalue weighted by atomic mass is 16.2. The molecule has 4 nitrogen and oxygen atoms in total. The van der Waals surface area contributed by atoms with Gasteiger partial charge in [-0.25, -0.2) is 4.79 Å². The van der Waals surface area contributed by atoms with Crippen molar-refractivity contribution >= 4 is 17.4 Å². The second-order valence-electron chi connectivity index (χ2n) is 6.74. The van der Waals surface area contributed by atoms with Gasteiger partial charge in [0.1, 0.15) is 0 Å². The number of nitrogens with one attached hydrogen (secondary N) is 2. The first kappa shape index (κ1) is 19.5. The van der Waals surface area contributed by atoms with Crippen molar-refractivity contribution in [2.45, 2.75) is 13.8 Å². The third kappa shape index (κ3) is 5.36. The highest BCUT2D eigenvalue weighted by Crippen LogP contribution is 2.21. The summed E-state index contributed by atoms with van der Waals surface area (Å²) in [5.41, 5.74) is 5.49. The molecule has 28 heavy (non-hydrogen) atoms. The summed E-state index contributed by atoms with van der Waals surface area (Å²) in [6, 6.07) is 26.3. The zero-order valence-electron chi connectivity index (χ0n) is 16.5. The molecule has 3 rings (SSSR count). The van der Waals surface area contributed by atoms with Gasteiger partial charge in [-0.1, -0.05) is 54.6 Å². The van der Waals surface area contributed by atoms with Crippen LogP contribution in [0, 0.1) is 6.92 Å². The van der Waals surface area contributed by atoms with E-state index in [0.717, 1.165) is 29.9 Å². The van der Waals surface area contributed by atoms with Crippen LogP contribution in [0.1, 0.15) is 12.5 Å². The first-order chi connectivity index (χ1) is 13.7. The number of benzene rings is 3.